The summed E-state index contributed by atoms with van der Waals surface area (Å²) in [6.07, 6.45) is 7.10. The molecule has 0 amide bonds. The SMILES string of the molecule is CC(C)(O)c1cnoc1N.CC(C)(O)c1cnsc1N.CC(C)(O)c1scc(S(C)(=O)=O)c1N.CCOC(=O)Cc1csc(C)n1.CCOC(=O)c1csc(C)n1.CCOC(=O)c1nc(N)sc1F.COC(=O)c1nc(C)sc1Cl.Cc1cscc1C(C)(C)O.Cc1nc(CCO)c(C)o1.Cc1nc(CCO)c(F)s1.Cc1nccs1. The zero-order valence-electron chi connectivity index (χ0n) is 68.0. The molecule has 0 aliphatic rings. The van der Waals surface area contributed by atoms with Gasteiger partial charge in [0, 0.05) is 78.7 Å². The van der Waals surface area contributed by atoms with Crippen molar-refractivity contribution < 1.29 is 94.9 Å². The number of aryl methyl sites for hydroxylation is 8. The molecule has 0 bridgehead atoms. The first kappa shape index (κ1) is 106. The quantitative estimate of drug-likeness (QED) is 0.0299. The van der Waals surface area contributed by atoms with Crippen molar-refractivity contribution in [2.45, 2.75) is 178 Å². The van der Waals surface area contributed by atoms with E-state index in [0.29, 0.717) is 85.0 Å². The van der Waals surface area contributed by atoms with E-state index >= 15 is 0 Å². The number of rotatable bonds is 17. The summed E-state index contributed by atoms with van der Waals surface area (Å²) < 4.78 is 80.3. The summed E-state index contributed by atoms with van der Waals surface area (Å²) in [5.74, 6) is -0.151. The van der Waals surface area contributed by atoms with E-state index in [1.165, 1.54) is 58.5 Å². The Labute approximate surface area is 713 Å². The van der Waals surface area contributed by atoms with Gasteiger partial charge in [-0.05, 0) is 158 Å². The number of nitrogens with zero attached hydrogens (tertiary/aromatic N) is 9. The number of hydrogen-bond acceptors (Lipinski definition) is 40. The van der Waals surface area contributed by atoms with Gasteiger partial charge in [-0.25, -0.2) is 52.7 Å². The summed E-state index contributed by atoms with van der Waals surface area (Å²) in [4.78, 5) is 71.7. The lowest BCUT2D eigenvalue weighted by atomic mass is 9.99. The minimum atomic E-state index is -3.30. The Bertz CT molecular complexity index is 4660. The van der Waals surface area contributed by atoms with E-state index in [4.69, 9.17) is 58.6 Å². The third-order valence-corrected chi connectivity index (χ3v) is 22.4. The number of sulfone groups is 1. The molecule has 14 N–H and O–H groups in total. The Morgan fingerprint density at radius 3 is 1.49 bits per heavy atom. The lowest BCUT2D eigenvalue weighted by molar-refractivity contribution is -0.142. The number of anilines is 4. The van der Waals surface area contributed by atoms with Gasteiger partial charge in [0.25, 0.3) is 0 Å². The van der Waals surface area contributed by atoms with Crippen molar-refractivity contribution in [1.29, 1.82) is 0 Å². The molecule has 0 saturated heterocycles. The standard InChI is InChI=1S/C8H13NO3S2.C8H11NO2S.C8H12OS.C7H9NO2S.C7H11NO2.C6H6ClNO2S.C6H7FN2O2S.C6H8FNOS.C6H10N2O2.C6H10N2OS.C4H5NS/c1-8(2,10)7-6(9)5(4-13-7)14(3,11)12;1-3-11-8(10)4-7-5-12-6(2)9-7;1-6-4-10-5-7(6)8(2,3)9;1-3-10-7(9)6-4-11-5(2)8-6;1-5-7(3-4-9)8-6(2)10-5;1-3-8-4(5(7)11-3)6(9)10-2;1-2-11-5(10)3-4(7)12-6(8)9-3;1-4-8-5(2-3-9)6(7)10-4;2*1-6(2,9)4-3-8-10-5(4)7;1-4-5-2-3-6-4/h4,10H,9H2,1-3H3;5H,3-4H2,1-2H3;4-5,9H,1-3H3;4H,3H2,1-2H3;9H,3-4H2,1-2H3;1-2H3;2H2,1H3,(H2,8,9);9H,2-3H2,1H3;2*3,9H,7H2,1-2H3;2-3H,1H3. The van der Waals surface area contributed by atoms with Crippen LogP contribution in [0.3, 0.4) is 0 Å². The molecule has 11 heterocycles. The highest BCUT2D eigenvalue weighted by Crippen LogP contribution is 2.37. The Kier molecular flexibility index (Phi) is 47.1. The van der Waals surface area contributed by atoms with Crippen molar-refractivity contribution in [3.63, 3.8) is 0 Å². The molecule has 31 nitrogen and oxygen atoms in total. The number of aliphatic hydroxyl groups excluding tert-OH is 2. The number of hydrogen-bond donors (Lipinski definition) is 10. The number of carbonyl (C=O) groups excluding carboxylic acids is 4. The normalized spacial score (nSPS) is 10.8. The largest absolute Gasteiger partial charge is 0.466 e. The number of aromatic nitrogens is 9. The van der Waals surface area contributed by atoms with Crippen LogP contribution in [0, 0.1) is 65.7 Å². The summed E-state index contributed by atoms with van der Waals surface area (Å²) in [6, 6.07) is 0. The molecule has 0 aliphatic heterocycles. The van der Waals surface area contributed by atoms with Gasteiger partial charge in [0.05, 0.1) is 120 Å². The molecule has 644 valence electrons. The molecule has 0 unspecified atom stereocenters. The van der Waals surface area contributed by atoms with Crippen LogP contribution >= 0.6 is 114 Å². The second kappa shape index (κ2) is 51.5. The average Bonchev–Trinajstić information content (AvgIpc) is 1.65. The van der Waals surface area contributed by atoms with Gasteiger partial charge in [-0.3, -0.25) is 9.78 Å². The Balaban J connectivity index is 0.000000640. The zero-order valence-corrected chi connectivity index (χ0v) is 76.9. The molecule has 0 spiro atoms. The molecule has 0 radical (unpaired) electrons. The molecule has 11 aromatic rings. The Hall–Kier alpha value is -7.83. The van der Waals surface area contributed by atoms with Gasteiger partial charge in [0.15, 0.2) is 43.1 Å². The Morgan fingerprint density at radius 1 is 0.595 bits per heavy atom. The van der Waals surface area contributed by atoms with Gasteiger partial charge in [-0.15, -0.1) is 56.7 Å². The number of esters is 4. The fourth-order valence-corrected chi connectivity index (χ4v) is 16.1. The van der Waals surface area contributed by atoms with Crippen molar-refractivity contribution >= 4 is 169 Å². The van der Waals surface area contributed by atoms with Gasteiger partial charge >= 0.3 is 23.9 Å². The van der Waals surface area contributed by atoms with Crippen LogP contribution in [0.1, 0.15) is 189 Å². The summed E-state index contributed by atoms with van der Waals surface area (Å²) in [5, 5.41) is 73.7. The van der Waals surface area contributed by atoms with Crippen molar-refractivity contribution in [3.05, 3.63) is 163 Å². The van der Waals surface area contributed by atoms with Crippen LogP contribution in [-0.4, -0.2) is 154 Å². The maximum atomic E-state index is 12.8. The third-order valence-electron chi connectivity index (χ3n) is 13.3. The number of halogens is 3. The second-order valence-electron chi connectivity index (χ2n) is 25.3. The lowest BCUT2D eigenvalue weighted by Gasteiger charge is -2.16. The van der Waals surface area contributed by atoms with Crippen LogP contribution < -0.4 is 22.9 Å². The first-order valence-corrected chi connectivity index (χ1v) is 44.3. The summed E-state index contributed by atoms with van der Waals surface area (Å²) in [7, 11) is -2.00. The topological polar surface area (TPSA) is 507 Å². The lowest BCUT2D eigenvalue weighted by Crippen LogP contribution is -2.16. The van der Waals surface area contributed by atoms with E-state index in [0.717, 1.165) is 71.7 Å². The van der Waals surface area contributed by atoms with Gasteiger partial charge in [-0.2, -0.15) is 24.5 Å². The van der Waals surface area contributed by atoms with E-state index in [1.54, 1.807) is 135 Å². The predicted octanol–water partition coefficient (Wildman–Crippen LogP) is 14.2. The minimum absolute atomic E-state index is 0.0237. The van der Waals surface area contributed by atoms with Crippen LogP contribution in [0.2, 0.25) is 4.34 Å². The monoisotopic (exact) mass is 1830 g/mol. The molecular weight excluding hydrogens is 1730 g/mol. The number of nitrogen functional groups attached to an aromatic ring is 4. The number of nitrogens with two attached hydrogens (primary N) is 4. The first-order chi connectivity index (χ1) is 53.8. The number of oxazole rings is 1. The molecule has 11 aromatic heterocycles. The molecule has 0 aromatic carbocycles. The number of carbonyl (C=O) groups is 4. The zero-order chi connectivity index (χ0) is 88.8. The molecule has 44 heteroatoms. The van der Waals surface area contributed by atoms with E-state index in [1.807, 2.05) is 70.0 Å². The molecule has 116 heavy (non-hydrogen) atoms. The van der Waals surface area contributed by atoms with Crippen molar-refractivity contribution in [2.75, 3.05) is 69.3 Å². The van der Waals surface area contributed by atoms with E-state index in [-0.39, 0.29) is 76.3 Å². The van der Waals surface area contributed by atoms with Crippen molar-refractivity contribution in [3.8, 4) is 0 Å². The summed E-state index contributed by atoms with van der Waals surface area (Å²) in [5.41, 5.74) is 24.0. The van der Waals surface area contributed by atoms with E-state index < -0.39 is 49.3 Å². The Morgan fingerprint density at radius 2 is 1.16 bits per heavy atom. The highest BCUT2D eigenvalue weighted by atomic mass is 35.5. The average molecular weight is 1830 g/mol. The molecule has 0 atom stereocenters. The van der Waals surface area contributed by atoms with Crippen LogP contribution in [0.4, 0.5) is 30.5 Å². The molecule has 11 rings (SSSR count). The van der Waals surface area contributed by atoms with Crippen molar-refractivity contribution in [1.82, 2.24) is 44.4 Å². The minimum Gasteiger partial charge on any atom is -0.466 e. The van der Waals surface area contributed by atoms with E-state index in [9.17, 15) is 56.8 Å². The summed E-state index contributed by atoms with van der Waals surface area (Å²) in [6.45, 7) is 34.6. The fourth-order valence-electron chi connectivity index (χ4n) is 8.20. The van der Waals surface area contributed by atoms with Gasteiger partial charge in [-0.1, -0.05) is 39.4 Å². The number of thiazole rings is 6. The first-order valence-electron chi connectivity index (χ1n) is 34.3. The number of methoxy groups -OCH3 is 1. The second-order valence-corrected chi connectivity index (χ2v) is 36.9. The number of ether oxygens (including phenoxy) is 4. The molecule has 0 aliphatic carbocycles. The maximum absolute atomic E-state index is 12.8. The van der Waals surface area contributed by atoms with Crippen LogP contribution in [0.25, 0.3) is 0 Å². The molecule has 0 saturated carbocycles. The van der Waals surface area contributed by atoms with E-state index in [2.05, 4.69) is 58.4 Å². The number of thiophene rings is 2. The number of aliphatic hydroxyl groups is 6. The molecular formula is C72H102ClF2N13O18S10. The van der Waals surface area contributed by atoms with Crippen LogP contribution in [-0.2, 0) is 75.2 Å². The highest BCUT2D eigenvalue weighted by Gasteiger charge is 2.27. The third kappa shape index (κ3) is 40.1. The van der Waals surface area contributed by atoms with Crippen LogP contribution in [0.15, 0.2) is 64.7 Å². The van der Waals surface area contributed by atoms with Crippen molar-refractivity contribution in [2.24, 2.45) is 0 Å². The highest BCUT2D eigenvalue weighted by molar-refractivity contribution is 7.91. The van der Waals surface area contributed by atoms with Gasteiger partial charge in [0.1, 0.15) is 20.0 Å². The van der Waals surface area contributed by atoms with Gasteiger partial charge in [0.2, 0.25) is 11.0 Å². The van der Waals surface area contributed by atoms with Gasteiger partial charge < -0.3 is 81.5 Å². The summed E-state index contributed by atoms with van der Waals surface area (Å²) >= 11 is 17.2. The van der Waals surface area contributed by atoms with Crippen LogP contribution in [0.5, 0.6) is 0 Å². The maximum Gasteiger partial charge on any atom is 0.361 e. The smallest absolute Gasteiger partial charge is 0.361 e. The molecule has 0 fully saturated rings. The fraction of sp³-hybridized carbons (Fsp3) is 0.458. The predicted molar refractivity (Wildman–Crippen MR) is 456 cm³/mol.